The Labute approximate surface area is 163 Å². The van der Waals surface area contributed by atoms with Crippen LogP contribution >= 0.6 is 11.3 Å². The van der Waals surface area contributed by atoms with Crippen molar-refractivity contribution in [3.05, 3.63) is 16.0 Å². The van der Waals surface area contributed by atoms with E-state index in [9.17, 15) is 14.4 Å². The van der Waals surface area contributed by atoms with Crippen LogP contribution in [0.3, 0.4) is 0 Å². The first-order valence-corrected chi connectivity index (χ1v) is 10.2. The van der Waals surface area contributed by atoms with Gasteiger partial charge in [0, 0.05) is 38.0 Å². The monoisotopic (exact) mass is 393 g/mol. The number of nitrogens with zero attached hydrogens (tertiary/aromatic N) is 2. The first kappa shape index (κ1) is 19.8. The predicted molar refractivity (Wildman–Crippen MR) is 104 cm³/mol. The Kier molecular flexibility index (Phi) is 6.16. The Morgan fingerprint density at radius 2 is 1.93 bits per heavy atom. The van der Waals surface area contributed by atoms with Crippen LogP contribution in [0.15, 0.2) is 0 Å². The number of carbonyl (C=O) groups is 3. The first-order valence-electron chi connectivity index (χ1n) is 9.39. The molecule has 2 aliphatic rings. The molecule has 2 heterocycles. The number of hydrogen-bond acceptors (Lipinski definition) is 6. The quantitative estimate of drug-likeness (QED) is 0.789. The number of ether oxygens (including phenoxy) is 1. The highest BCUT2D eigenvalue weighted by Crippen LogP contribution is 2.40. The zero-order valence-corrected chi connectivity index (χ0v) is 17.0. The van der Waals surface area contributed by atoms with Gasteiger partial charge in [-0.05, 0) is 30.7 Å². The molecule has 2 amide bonds. The lowest BCUT2D eigenvalue weighted by Gasteiger charge is -2.33. The first-order chi connectivity index (χ1) is 12.9. The lowest BCUT2D eigenvalue weighted by atomic mass is 9.88. The summed E-state index contributed by atoms with van der Waals surface area (Å²) in [7, 11) is 1.37. The molecule has 0 unspecified atom stereocenters. The van der Waals surface area contributed by atoms with Crippen molar-refractivity contribution < 1.29 is 19.1 Å². The maximum atomic E-state index is 12.6. The Bertz CT molecular complexity index is 738. The zero-order valence-electron chi connectivity index (χ0n) is 16.2. The van der Waals surface area contributed by atoms with E-state index in [2.05, 4.69) is 12.2 Å². The maximum absolute atomic E-state index is 12.6. The fourth-order valence-corrected chi connectivity index (χ4v) is 5.16. The Morgan fingerprint density at radius 1 is 1.22 bits per heavy atom. The molecule has 1 aromatic heterocycles. The van der Waals surface area contributed by atoms with Crippen LogP contribution in [0.5, 0.6) is 0 Å². The lowest BCUT2D eigenvalue weighted by molar-refractivity contribution is -0.130. The molecule has 148 valence electrons. The van der Waals surface area contributed by atoms with Gasteiger partial charge in [0.1, 0.15) is 5.00 Å². The third-order valence-electron chi connectivity index (χ3n) is 5.34. The summed E-state index contributed by atoms with van der Waals surface area (Å²) in [4.78, 5) is 41.3. The molecule has 1 fully saturated rings. The van der Waals surface area contributed by atoms with Crippen molar-refractivity contribution in [2.45, 2.75) is 33.1 Å². The fraction of sp³-hybridized carbons (Fsp3) is 0.632. The number of thiophene rings is 1. The van der Waals surface area contributed by atoms with Crippen molar-refractivity contribution in [2.75, 3.05) is 45.2 Å². The summed E-state index contributed by atoms with van der Waals surface area (Å²) < 4.78 is 4.96. The third kappa shape index (κ3) is 4.50. The summed E-state index contributed by atoms with van der Waals surface area (Å²) >= 11 is 1.50. The van der Waals surface area contributed by atoms with Gasteiger partial charge in [-0.15, -0.1) is 11.3 Å². The molecule has 0 bridgehead atoms. The summed E-state index contributed by atoms with van der Waals surface area (Å²) in [5.41, 5.74) is 1.56. The van der Waals surface area contributed by atoms with Gasteiger partial charge in [-0.2, -0.15) is 0 Å². The highest BCUT2D eigenvalue weighted by Gasteiger charge is 2.29. The minimum atomic E-state index is -0.382. The molecule has 1 aliphatic carbocycles. The van der Waals surface area contributed by atoms with Crippen LogP contribution < -0.4 is 5.32 Å². The number of carbonyl (C=O) groups excluding carboxylic acids is 3. The van der Waals surface area contributed by atoms with E-state index >= 15 is 0 Å². The van der Waals surface area contributed by atoms with Crippen molar-refractivity contribution in [3.63, 3.8) is 0 Å². The van der Waals surface area contributed by atoms with Crippen LogP contribution in [-0.2, 0) is 27.2 Å². The number of amides is 2. The number of hydrogen-bond donors (Lipinski definition) is 1. The van der Waals surface area contributed by atoms with Gasteiger partial charge in [0.25, 0.3) is 0 Å². The van der Waals surface area contributed by atoms with Crippen molar-refractivity contribution >= 4 is 34.1 Å². The van der Waals surface area contributed by atoms with E-state index in [1.54, 1.807) is 11.8 Å². The normalized spacial score (nSPS) is 20.1. The number of fused-ring (bicyclic) bond motifs is 1. The van der Waals surface area contributed by atoms with Gasteiger partial charge in [-0.3, -0.25) is 14.5 Å². The standard InChI is InChI=1S/C19H27N3O4S/c1-12-4-5-14-15(10-12)27-18(17(14)19(25)26-3)20-16(24)11-21-6-8-22(9-7-21)13(2)23/h12H,4-11H2,1-3H3,(H,20,24)/t12-/m0/s1. The van der Waals surface area contributed by atoms with E-state index in [-0.39, 0.29) is 24.3 Å². The highest BCUT2D eigenvalue weighted by atomic mass is 32.1. The summed E-state index contributed by atoms with van der Waals surface area (Å²) in [6, 6.07) is 0. The number of methoxy groups -OCH3 is 1. The molecule has 1 atom stereocenters. The minimum absolute atomic E-state index is 0.0696. The molecule has 27 heavy (non-hydrogen) atoms. The Hall–Kier alpha value is -1.93. The van der Waals surface area contributed by atoms with Crippen LogP contribution in [0.1, 0.15) is 41.1 Å². The van der Waals surface area contributed by atoms with E-state index in [1.165, 1.54) is 23.3 Å². The molecule has 0 radical (unpaired) electrons. The summed E-state index contributed by atoms with van der Waals surface area (Å²) in [6.45, 7) is 6.66. The molecule has 1 saturated heterocycles. The largest absolute Gasteiger partial charge is 0.465 e. The number of rotatable bonds is 4. The van der Waals surface area contributed by atoms with Gasteiger partial charge in [-0.25, -0.2) is 4.79 Å². The lowest BCUT2D eigenvalue weighted by Crippen LogP contribution is -2.49. The Balaban J connectivity index is 1.67. The van der Waals surface area contributed by atoms with Gasteiger partial charge in [0.2, 0.25) is 11.8 Å². The molecule has 1 N–H and O–H groups in total. The molecule has 1 aliphatic heterocycles. The van der Waals surface area contributed by atoms with E-state index < -0.39 is 0 Å². The van der Waals surface area contributed by atoms with Crippen LogP contribution in [-0.4, -0.2) is 67.4 Å². The van der Waals surface area contributed by atoms with Crippen LogP contribution in [0.25, 0.3) is 0 Å². The SMILES string of the molecule is COC(=O)c1c(NC(=O)CN2CCN(C(C)=O)CC2)sc2c1CC[C@H](C)C2. The molecule has 3 rings (SSSR count). The maximum Gasteiger partial charge on any atom is 0.341 e. The van der Waals surface area contributed by atoms with Crippen LogP contribution in [0, 0.1) is 5.92 Å². The van der Waals surface area contributed by atoms with E-state index in [4.69, 9.17) is 4.74 Å². The molecular weight excluding hydrogens is 366 g/mol. The van der Waals surface area contributed by atoms with E-state index in [0.29, 0.717) is 42.7 Å². The van der Waals surface area contributed by atoms with Gasteiger partial charge in [0.05, 0.1) is 19.2 Å². The van der Waals surface area contributed by atoms with Gasteiger partial charge in [-0.1, -0.05) is 6.92 Å². The van der Waals surface area contributed by atoms with Crippen LogP contribution in [0.2, 0.25) is 0 Å². The van der Waals surface area contributed by atoms with Crippen molar-refractivity contribution in [1.82, 2.24) is 9.80 Å². The van der Waals surface area contributed by atoms with Crippen molar-refractivity contribution in [1.29, 1.82) is 0 Å². The van der Waals surface area contributed by atoms with Crippen LogP contribution in [0.4, 0.5) is 5.00 Å². The average Bonchev–Trinajstić information content (AvgIpc) is 2.98. The molecular formula is C19H27N3O4S. The van der Waals surface area contributed by atoms with Gasteiger partial charge < -0.3 is 15.0 Å². The van der Waals surface area contributed by atoms with E-state index in [1.807, 2.05) is 4.90 Å². The summed E-state index contributed by atoms with van der Waals surface area (Å²) in [6.07, 6.45) is 2.83. The predicted octanol–water partition coefficient (Wildman–Crippen LogP) is 1.76. The molecule has 7 nitrogen and oxygen atoms in total. The molecule has 1 aromatic rings. The summed E-state index contributed by atoms with van der Waals surface area (Å²) in [5, 5.41) is 3.54. The summed E-state index contributed by atoms with van der Waals surface area (Å²) in [5.74, 6) is 0.137. The van der Waals surface area contributed by atoms with E-state index in [0.717, 1.165) is 24.8 Å². The number of anilines is 1. The minimum Gasteiger partial charge on any atom is -0.465 e. The highest BCUT2D eigenvalue weighted by molar-refractivity contribution is 7.17. The van der Waals surface area contributed by atoms with Crippen molar-refractivity contribution in [2.24, 2.45) is 5.92 Å². The Morgan fingerprint density at radius 3 is 2.56 bits per heavy atom. The molecule has 0 aromatic carbocycles. The second-order valence-corrected chi connectivity index (χ2v) is 8.48. The zero-order chi connectivity index (χ0) is 19.6. The second-order valence-electron chi connectivity index (χ2n) is 7.38. The smallest absolute Gasteiger partial charge is 0.341 e. The molecule has 0 spiro atoms. The molecule has 0 saturated carbocycles. The van der Waals surface area contributed by atoms with Gasteiger partial charge in [0.15, 0.2) is 0 Å². The number of esters is 1. The fourth-order valence-electron chi connectivity index (χ4n) is 3.75. The third-order valence-corrected chi connectivity index (χ3v) is 6.51. The topological polar surface area (TPSA) is 79.0 Å². The van der Waals surface area contributed by atoms with Crippen molar-refractivity contribution in [3.8, 4) is 0 Å². The second kappa shape index (κ2) is 8.39. The molecule has 8 heteroatoms. The number of nitrogens with one attached hydrogen (secondary N) is 1. The number of piperazine rings is 1. The average molecular weight is 394 g/mol. The van der Waals surface area contributed by atoms with Gasteiger partial charge >= 0.3 is 5.97 Å².